The minimum absolute atomic E-state index is 0.0789. The Kier molecular flexibility index (Phi) is 3.57. The van der Waals surface area contributed by atoms with Crippen LogP contribution in [0.25, 0.3) is 10.9 Å². The zero-order chi connectivity index (χ0) is 14.0. The molecule has 1 heterocycles. The fourth-order valence-electron chi connectivity index (χ4n) is 1.96. The Morgan fingerprint density at radius 2 is 2.00 bits per heavy atom. The van der Waals surface area contributed by atoms with Gasteiger partial charge < -0.3 is 19.6 Å². The number of hydrogen-bond acceptors (Lipinski definition) is 5. The van der Waals surface area contributed by atoms with E-state index in [1.54, 1.807) is 12.1 Å². The van der Waals surface area contributed by atoms with Crippen LogP contribution >= 0.6 is 0 Å². The van der Waals surface area contributed by atoms with Gasteiger partial charge in [-0.15, -0.1) is 0 Å². The van der Waals surface area contributed by atoms with Gasteiger partial charge in [0.15, 0.2) is 11.5 Å². The summed E-state index contributed by atoms with van der Waals surface area (Å²) < 4.78 is 11.2. The third-order valence-corrected chi connectivity index (χ3v) is 2.81. The average molecular weight is 266 g/mol. The number of nitrogens with zero attached hydrogens (tertiary/aromatic N) is 1. The Bertz CT molecular complexity index is 716. The number of methoxy groups -OCH3 is 2. The molecule has 0 amide bonds. The van der Waals surface area contributed by atoms with E-state index >= 15 is 0 Å². The van der Waals surface area contributed by atoms with Gasteiger partial charge in [-0.2, -0.15) is 0 Å². The first kappa shape index (κ1) is 13.2. The third-order valence-electron chi connectivity index (χ3n) is 2.81. The van der Waals surface area contributed by atoms with Crippen LogP contribution in [-0.2, 0) is 6.54 Å². The van der Waals surface area contributed by atoms with Crippen molar-refractivity contribution in [3.05, 3.63) is 33.0 Å². The Morgan fingerprint density at radius 3 is 2.58 bits per heavy atom. The van der Waals surface area contributed by atoms with E-state index in [2.05, 4.69) is 4.98 Å². The first-order valence-corrected chi connectivity index (χ1v) is 5.62. The Morgan fingerprint density at radius 1 is 1.26 bits per heavy atom. The van der Waals surface area contributed by atoms with Gasteiger partial charge in [-0.1, -0.05) is 0 Å². The van der Waals surface area contributed by atoms with E-state index in [1.165, 1.54) is 14.2 Å². The summed E-state index contributed by atoms with van der Waals surface area (Å²) in [5.74, 6) is 0.655. The highest BCUT2D eigenvalue weighted by atomic mass is 16.5. The molecule has 0 aliphatic rings. The van der Waals surface area contributed by atoms with Gasteiger partial charge in [0.1, 0.15) is 5.39 Å². The predicted octanol–water partition coefficient (Wildman–Crippen LogP) is -0.301. The summed E-state index contributed by atoms with van der Waals surface area (Å²) in [6.45, 7) is -0.384. The van der Waals surface area contributed by atoms with Crippen molar-refractivity contribution in [1.29, 1.82) is 0 Å². The molecule has 0 aliphatic heterocycles. The molecule has 0 radical (unpaired) electrons. The van der Waals surface area contributed by atoms with E-state index in [4.69, 9.17) is 14.6 Å². The maximum atomic E-state index is 12.3. The Labute approximate surface area is 108 Å². The van der Waals surface area contributed by atoms with Crippen LogP contribution in [0.15, 0.2) is 21.7 Å². The number of fused-ring (bicyclic) bond motifs is 1. The van der Waals surface area contributed by atoms with E-state index in [-0.39, 0.29) is 24.3 Å². The van der Waals surface area contributed by atoms with E-state index < -0.39 is 11.2 Å². The molecule has 2 rings (SSSR count). The van der Waals surface area contributed by atoms with Gasteiger partial charge in [-0.25, -0.2) is 4.79 Å². The van der Waals surface area contributed by atoms with Gasteiger partial charge in [0.25, 0.3) is 5.56 Å². The predicted molar refractivity (Wildman–Crippen MR) is 69.0 cm³/mol. The lowest BCUT2D eigenvalue weighted by atomic mass is 10.2. The maximum absolute atomic E-state index is 12.3. The van der Waals surface area contributed by atoms with Crippen molar-refractivity contribution in [1.82, 2.24) is 9.55 Å². The quantitative estimate of drug-likeness (QED) is 0.792. The van der Waals surface area contributed by atoms with E-state index in [9.17, 15) is 9.59 Å². The molecule has 7 heteroatoms. The zero-order valence-corrected chi connectivity index (χ0v) is 10.6. The highest BCUT2D eigenvalue weighted by Gasteiger charge is 2.15. The molecule has 1 aromatic carbocycles. The standard InChI is InChI=1S/C12H14N2O5/c1-18-8-4-3-7-9(10(8)19-2)11(16)14(5-6-15)12(17)13-7/h3-4,15H,5-6H2,1-2H3,(H,13,17). The number of H-pyrrole nitrogens is 1. The second-order valence-electron chi connectivity index (χ2n) is 3.83. The second kappa shape index (κ2) is 5.15. The molecule has 0 spiro atoms. The van der Waals surface area contributed by atoms with Crippen molar-refractivity contribution >= 4 is 10.9 Å². The van der Waals surface area contributed by atoms with Gasteiger partial charge in [-0.3, -0.25) is 9.36 Å². The zero-order valence-electron chi connectivity index (χ0n) is 10.6. The highest BCUT2D eigenvalue weighted by Crippen LogP contribution is 2.31. The second-order valence-corrected chi connectivity index (χ2v) is 3.83. The molecule has 19 heavy (non-hydrogen) atoms. The molecule has 2 aromatic rings. The molecular weight excluding hydrogens is 252 g/mol. The minimum Gasteiger partial charge on any atom is -0.493 e. The maximum Gasteiger partial charge on any atom is 0.328 e. The smallest absolute Gasteiger partial charge is 0.328 e. The summed E-state index contributed by atoms with van der Waals surface area (Å²) in [6.07, 6.45) is 0. The fourth-order valence-corrected chi connectivity index (χ4v) is 1.96. The molecule has 0 fully saturated rings. The van der Waals surface area contributed by atoms with Crippen LogP contribution < -0.4 is 20.7 Å². The summed E-state index contributed by atoms with van der Waals surface area (Å²) in [5.41, 5.74) is -0.732. The summed E-state index contributed by atoms with van der Waals surface area (Å²) in [5, 5.41) is 9.12. The van der Waals surface area contributed by atoms with E-state index in [1.807, 2.05) is 0 Å². The first-order chi connectivity index (χ1) is 9.13. The van der Waals surface area contributed by atoms with Crippen molar-refractivity contribution in [3.63, 3.8) is 0 Å². The average Bonchev–Trinajstić information content (AvgIpc) is 2.42. The molecule has 0 saturated carbocycles. The lowest BCUT2D eigenvalue weighted by Crippen LogP contribution is -2.36. The minimum atomic E-state index is -0.571. The Balaban J connectivity index is 2.92. The molecular formula is C12H14N2O5. The largest absolute Gasteiger partial charge is 0.493 e. The van der Waals surface area contributed by atoms with E-state index in [0.29, 0.717) is 11.3 Å². The number of aromatic amines is 1. The highest BCUT2D eigenvalue weighted by molar-refractivity contribution is 5.86. The lowest BCUT2D eigenvalue weighted by molar-refractivity contribution is 0.272. The fraction of sp³-hybridized carbons (Fsp3) is 0.333. The van der Waals surface area contributed by atoms with Gasteiger partial charge >= 0.3 is 5.69 Å². The van der Waals surface area contributed by atoms with Crippen LogP contribution in [-0.4, -0.2) is 35.5 Å². The summed E-state index contributed by atoms with van der Waals surface area (Å²) in [4.78, 5) is 26.6. The summed E-state index contributed by atoms with van der Waals surface area (Å²) in [6, 6.07) is 3.18. The summed E-state index contributed by atoms with van der Waals surface area (Å²) in [7, 11) is 2.87. The SMILES string of the molecule is COc1ccc2[nH]c(=O)n(CCO)c(=O)c2c1OC. The molecule has 0 aliphatic carbocycles. The van der Waals surface area contributed by atoms with Crippen molar-refractivity contribution in [2.45, 2.75) is 6.54 Å². The normalized spacial score (nSPS) is 10.7. The van der Waals surface area contributed by atoms with Gasteiger partial charge in [0, 0.05) is 0 Å². The van der Waals surface area contributed by atoms with Crippen LogP contribution in [0, 0.1) is 0 Å². The van der Waals surface area contributed by atoms with Gasteiger partial charge in [-0.05, 0) is 12.1 Å². The molecule has 7 nitrogen and oxygen atoms in total. The Hall–Kier alpha value is -2.28. The van der Waals surface area contributed by atoms with Gasteiger partial charge in [0.2, 0.25) is 0 Å². The lowest BCUT2D eigenvalue weighted by Gasteiger charge is -2.11. The molecule has 102 valence electrons. The number of hydrogen-bond donors (Lipinski definition) is 2. The van der Waals surface area contributed by atoms with Crippen LogP contribution in [0.1, 0.15) is 0 Å². The van der Waals surface area contributed by atoms with Crippen molar-refractivity contribution in [2.75, 3.05) is 20.8 Å². The monoisotopic (exact) mass is 266 g/mol. The van der Waals surface area contributed by atoms with Crippen molar-refractivity contribution in [2.24, 2.45) is 0 Å². The van der Waals surface area contributed by atoms with E-state index in [0.717, 1.165) is 4.57 Å². The molecule has 0 atom stereocenters. The first-order valence-electron chi connectivity index (χ1n) is 5.62. The number of ether oxygens (including phenoxy) is 2. The number of aliphatic hydroxyl groups excluding tert-OH is 1. The number of nitrogens with one attached hydrogen (secondary N) is 1. The number of rotatable bonds is 4. The third kappa shape index (κ3) is 2.08. The van der Waals surface area contributed by atoms with Crippen LogP contribution in [0.5, 0.6) is 11.5 Å². The molecule has 0 saturated heterocycles. The molecule has 0 unspecified atom stereocenters. The van der Waals surface area contributed by atoms with Crippen molar-refractivity contribution in [3.8, 4) is 11.5 Å². The number of benzene rings is 1. The molecule has 0 bridgehead atoms. The summed E-state index contributed by atoms with van der Waals surface area (Å²) >= 11 is 0. The van der Waals surface area contributed by atoms with Crippen LogP contribution in [0.4, 0.5) is 0 Å². The van der Waals surface area contributed by atoms with Crippen LogP contribution in [0.3, 0.4) is 0 Å². The molecule has 2 N–H and O–H groups in total. The topological polar surface area (TPSA) is 93.5 Å². The van der Waals surface area contributed by atoms with Gasteiger partial charge in [0.05, 0.1) is 32.9 Å². The number of aromatic nitrogens is 2. The molecule has 1 aromatic heterocycles. The van der Waals surface area contributed by atoms with Crippen molar-refractivity contribution < 1.29 is 14.6 Å². The van der Waals surface area contributed by atoms with Crippen LogP contribution in [0.2, 0.25) is 0 Å². The number of aliphatic hydroxyl groups is 1.